The minimum Gasteiger partial charge on any atom is -0.340 e. The fourth-order valence-corrected chi connectivity index (χ4v) is 3.63. The van der Waals surface area contributed by atoms with Crippen LogP contribution in [0.15, 0.2) is 24.3 Å². The second-order valence-electron chi connectivity index (χ2n) is 7.21. The second-order valence-corrected chi connectivity index (χ2v) is 7.21. The van der Waals surface area contributed by atoms with Gasteiger partial charge in [-0.15, -0.1) is 12.4 Å². The highest BCUT2D eigenvalue weighted by Crippen LogP contribution is 2.11. The third-order valence-corrected chi connectivity index (χ3v) is 5.44. The molecule has 2 heterocycles. The number of hydrogen-bond donors (Lipinski definition) is 1. The molecule has 0 aliphatic carbocycles. The monoisotopic (exact) mass is 394 g/mol. The zero-order chi connectivity index (χ0) is 18.4. The molecule has 0 atom stereocenters. The lowest BCUT2D eigenvalue weighted by Gasteiger charge is -2.35. The van der Waals surface area contributed by atoms with E-state index in [4.69, 9.17) is 0 Å². The van der Waals surface area contributed by atoms with E-state index in [0.717, 1.165) is 64.5 Å². The minimum atomic E-state index is 0. The van der Waals surface area contributed by atoms with Gasteiger partial charge in [-0.1, -0.05) is 24.3 Å². The van der Waals surface area contributed by atoms with Crippen molar-refractivity contribution in [3.05, 3.63) is 35.4 Å². The van der Waals surface area contributed by atoms with Crippen molar-refractivity contribution in [1.82, 2.24) is 20.0 Å². The Morgan fingerprint density at radius 2 is 1.56 bits per heavy atom. The van der Waals surface area contributed by atoms with Crippen LogP contribution in [0.1, 0.15) is 17.5 Å². The number of amides is 2. The third kappa shape index (κ3) is 6.19. The van der Waals surface area contributed by atoms with Crippen LogP contribution in [0.25, 0.3) is 0 Å². The molecule has 7 heteroatoms. The van der Waals surface area contributed by atoms with Crippen LogP contribution < -0.4 is 5.32 Å². The molecule has 2 amide bonds. The maximum Gasteiger partial charge on any atom is 0.227 e. The summed E-state index contributed by atoms with van der Waals surface area (Å²) in [5.74, 6) is 0.459. The first-order valence-electron chi connectivity index (χ1n) is 9.66. The van der Waals surface area contributed by atoms with Gasteiger partial charge in [0.25, 0.3) is 0 Å². The Bertz CT molecular complexity index is 626. The van der Waals surface area contributed by atoms with Crippen molar-refractivity contribution >= 4 is 24.2 Å². The number of aryl methyl sites for hydroxylation is 1. The van der Waals surface area contributed by atoms with Crippen LogP contribution in [0.4, 0.5) is 0 Å². The Hall–Kier alpha value is -1.63. The first-order valence-corrected chi connectivity index (χ1v) is 9.66. The molecule has 6 nitrogen and oxygen atoms in total. The average Bonchev–Trinajstić information content (AvgIpc) is 2.69. The lowest BCUT2D eigenvalue weighted by atomic mass is 10.1. The van der Waals surface area contributed by atoms with Crippen molar-refractivity contribution in [2.75, 3.05) is 58.9 Å². The summed E-state index contributed by atoms with van der Waals surface area (Å²) in [5.41, 5.74) is 2.28. The number of halogens is 1. The molecule has 1 N–H and O–H groups in total. The van der Waals surface area contributed by atoms with Gasteiger partial charge in [-0.2, -0.15) is 0 Å². The summed E-state index contributed by atoms with van der Waals surface area (Å²) in [6.45, 7) is 9.50. The first kappa shape index (κ1) is 21.7. The SMILES string of the molecule is Cc1ccccc1CC(=O)N1CCN(CCC(=O)N2CCNCC2)CC1.Cl. The first-order chi connectivity index (χ1) is 12.6. The Labute approximate surface area is 168 Å². The van der Waals surface area contributed by atoms with E-state index in [1.54, 1.807) is 0 Å². The molecule has 0 unspecified atom stereocenters. The van der Waals surface area contributed by atoms with Crippen molar-refractivity contribution in [2.45, 2.75) is 19.8 Å². The largest absolute Gasteiger partial charge is 0.340 e. The average molecular weight is 395 g/mol. The number of nitrogens with one attached hydrogen (secondary N) is 1. The summed E-state index contributed by atoms with van der Waals surface area (Å²) in [7, 11) is 0. The lowest BCUT2D eigenvalue weighted by Crippen LogP contribution is -2.50. The Balaban J connectivity index is 0.00000261. The van der Waals surface area contributed by atoms with Gasteiger partial charge in [0.1, 0.15) is 0 Å². The summed E-state index contributed by atoms with van der Waals surface area (Å²) in [5, 5.41) is 3.27. The van der Waals surface area contributed by atoms with E-state index in [1.807, 2.05) is 28.0 Å². The number of hydrogen-bond acceptors (Lipinski definition) is 4. The van der Waals surface area contributed by atoms with E-state index in [0.29, 0.717) is 12.8 Å². The van der Waals surface area contributed by atoms with Crippen LogP contribution in [-0.4, -0.2) is 85.4 Å². The lowest BCUT2D eigenvalue weighted by molar-refractivity contribution is -0.134. The fraction of sp³-hybridized carbons (Fsp3) is 0.600. The molecule has 2 saturated heterocycles. The van der Waals surface area contributed by atoms with Gasteiger partial charge in [-0.3, -0.25) is 14.5 Å². The second kappa shape index (κ2) is 10.6. The summed E-state index contributed by atoms with van der Waals surface area (Å²) >= 11 is 0. The van der Waals surface area contributed by atoms with Gasteiger partial charge < -0.3 is 15.1 Å². The van der Waals surface area contributed by atoms with E-state index >= 15 is 0 Å². The fourth-order valence-electron chi connectivity index (χ4n) is 3.63. The zero-order valence-corrected chi connectivity index (χ0v) is 17.0. The molecule has 2 fully saturated rings. The predicted molar refractivity (Wildman–Crippen MR) is 109 cm³/mol. The predicted octanol–water partition coefficient (Wildman–Crippen LogP) is 0.925. The number of benzene rings is 1. The summed E-state index contributed by atoms with van der Waals surface area (Å²) in [6, 6.07) is 8.08. The van der Waals surface area contributed by atoms with Crippen LogP contribution in [0, 0.1) is 6.92 Å². The van der Waals surface area contributed by atoms with Gasteiger partial charge in [-0.05, 0) is 18.1 Å². The zero-order valence-electron chi connectivity index (χ0n) is 16.2. The topological polar surface area (TPSA) is 55.9 Å². The number of carbonyl (C=O) groups is 2. The van der Waals surface area contributed by atoms with Gasteiger partial charge in [-0.25, -0.2) is 0 Å². The minimum absolute atomic E-state index is 0. The van der Waals surface area contributed by atoms with Gasteiger partial charge >= 0.3 is 0 Å². The summed E-state index contributed by atoms with van der Waals surface area (Å²) in [6.07, 6.45) is 1.06. The van der Waals surface area contributed by atoms with Gasteiger partial charge in [0.2, 0.25) is 11.8 Å². The maximum atomic E-state index is 12.5. The smallest absolute Gasteiger partial charge is 0.227 e. The van der Waals surface area contributed by atoms with Gasteiger partial charge in [0.15, 0.2) is 0 Å². The molecule has 2 aliphatic rings. The molecule has 27 heavy (non-hydrogen) atoms. The van der Waals surface area contributed by atoms with E-state index in [1.165, 1.54) is 5.56 Å². The molecule has 150 valence electrons. The van der Waals surface area contributed by atoms with E-state index in [2.05, 4.69) is 23.2 Å². The van der Waals surface area contributed by atoms with E-state index in [-0.39, 0.29) is 24.2 Å². The molecule has 0 radical (unpaired) electrons. The highest BCUT2D eigenvalue weighted by atomic mass is 35.5. The number of nitrogens with zero attached hydrogens (tertiary/aromatic N) is 3. The molecule has 1 aromatic carbocycles. The summed E-state index contributed by atoms with van der Waals surface area (Å²) < 4.78 is 0. The highest BCUT2D eigenvalue weighted by Gasteiger charge is 2.23. The van der Waals surface area contributed by atoms with Crippen molar-refractivity contribution < 1.29 is 9.59 Å². The maximum absolute atomic E-state index is 12.5. The van der Waals surface area contributed by atoms with Crippen molar-refractivity contribution in [2.24, 2.45) is 0 Å². The molecule has 0 saturated carbocycles. The third-order valence-electron chi connectivity index (χ3n) is 5.44. The van der Waals surface area contributed by atoms with Crippen LogP contribution in [0.5, 0.6) is 0 Å². The van der Waals surface area contributed by atoms with Crippen LogP contribution >= 0.6 is 12.4 Å². The molecular weight excluding hydrogens is 364 g/mol. The van der Waals surface area contributed by atoms with Gasteiger partial charge in [0, 0.05) is 65.3 Å². The normalized spacial score (nSPS) is 18.1. The van der Waals surface area contributed by atoms with E-state index < -0.39 is 0 Å². The Kier molecular flexibility index (Phi) is 8.54. The Morgan fingerprint density at radius 3 is 2.22 bits per heavy atom. The van der Waals surface area contributed by atoms with Crippen LogP contribution in [-0.2, 0) is 16.0 Å². The molecule has 2 aliphatic heterocycles. The molecule has 0 bridgehead atoms. The van der Waals surface area contributed by atoms with Crippen molar-refractivity contribution in [3.8, 4) is 0 Å². The van der Waals surface area contributed by atoms with Crippen molar-refractivity contribution in [1.29, 1.82) is 0 Å². The highest BCUT2D eigenvalue weighted by molar-refractivity contribution is 5.85. The van der Waals surface area contributed by atoms with Gasteiger partial charge in [0.05, 0.1) is 6.42 Å². The Morgan fingerprint density at radius 1 is 0.926 bits per heavy atom. The molecule has 3 rings (SSSR count). The van der Waals surface area contributed by atoms with Crippen LogP contribution in [0.3, 0.4) is 0 Å². The number of piperazine rings is 2. The molecule has 0 spiro atoms. The quantitative estimate of drug-likeness (QED) is 0.807. The van der Waals surface area contributed by atoms with Crippen LogP contribution in [0.2, 0.25) is 0 Å². The number of carbonyl (C=O) groups excluding carboxylic acids is 2. The standard InChI is InChI=1S/C20H30N4O2.ClH/c1-17-4-2-3-5-18(17)16-20(26)24-14-12-22(13-15-24)9-6-19(25)23-10-7-21-8-11-23;/h2-5,21H,6-16H2,1H3;1H. The van der Waals surface area contributed by atoms with Crippen molar-refractivity contribution in [3.63, 3.8) is 0 Å². The molecular formula is C20H31ClN4O2. The van der Waals surface area contributed by atoms with E-state index in [9.17, 15) is 9.59 Å². The summed E-state index contributed by atoms with van der Waals surface area (Å²) in [4.78, 5) is 31.0. The molecule has 1 aromatic rings. The molecule has 0 aromatic heterocycles. The number of rotatable bonds is 5.